The quantitative estimate of drug-likeness (QED) is 0.497. The molecule has 1 aromatic heterocycles. The van der Waals surface area contributed by atoms with Crippen LogP contribution in [0.3, 0.4) is 0 Å². The van der Waals surface area contributed by atoms with Gasteiger partial charge in [-0.1, -0.05) is 23.4 Å². The van der Waals surface area contributed by atoms with Gasteiger partial charge in [0, 0.05) is 6.20 Å². The summed E-state index contributed by atoms with van der Waals surface area (Å²) in [4.78, 5) is 4.16. The first-order valence-electron chi connectivity index (χ1n) is 5.19. The van der Waals surface area contributed by atoms with Crippen LogP contribution in [0.15, 0.2) is 53.8 Å². The maximum absolute atomic E-state index is 8.44. The summed E-state index contributed by atoms with van der Waals surface area (Å²) in [5.41, 5.74) is 1.65. The van der Waals surface area contributed by atoms with Crippen molar-refractivity contribution in [2.75, 3.05) is 0 Å². The fourth-order valence-electron chi connectivity index (χ4n) is 1.39. The van der Waals surface area contributed by atoms with Crippen molar-refractivity contribution < 1.29 is 9.94 Å². The van der Waals surface area contributed by atoms with Crippen LogP contribution < -0.4 is 4.74 Å². The number of hydrogen-bond acceptors (Lipinski definition) is 4. The molecule has 4 nitrogen and oxygen atoms in total. The van der Waals surface area contributed by atoms with Crippen LogP contribution in [0.1, 0.15) is 11.3 Å². The molecular weight excluding hydrogens is 216 g/mol. The zero-order valence-electron chi connectivity index (χ0n) is 9.15. The first kappa shape index (κ1) is 11.1. The molecule has 0 aliphatic rings. The minimum atomic E-state index is 0.417. The van der Waals surface area contributed by atoms with Gasteiger partial charge in [-0.25, -0.2) is 0 Å². The van der Waals surface area contributed by atoms with Gasteiger partial charge < -0.3 is 9.94 Å². The van der Waals surface area contributed by atoms with Crippen molar-refractivity contribution in [3.63, 3.8) is 0 Å². The third-order valence-electron chi connectivity index (χ3n) is 2.18. The van der Waals surface area contributed by atoms with Gasteiger partial charge in [0.25, 0.3) is 0 Å². The Morgan fingerprint density at radius 2 is 2.18 bits per heavy atom. The number of nitrogens with zero attached hydrogens (tertiary/aromatic N) is 2. The predicted molar refractivity (Wildman–Crippen MR) is 64.4 cm³/mol. The Hall–Kier alpha value is -2.36. The molecule has 0 bridgehead atoms. The zero-order valence-corrected chi connectivity index (χ0v) is 9.15. The lowest BCUT2D eigenvalue weighted by molar-refractivity contribution is 0.301. The van der Waals surface area contributed by atoms with Gasteiger partial charge in [0.05, 0.1) is 11.9 Å². The Morgan fingerprint density at radius 3 is 2.94 bits per heavy atom. The molecule has 0 atom stereocenters. The summed E-state index contributed by atoms with van der Waals surface area (Å²) in [7, 11) is 0. The second-order valence-electron chi connectivity index (χ2n) is 3.43. The monoisotopic (exact) mass is 228 g/mol. The highest BCUT2D eigenvalue weighted by atomic mass is 16.5. The summed E-state index contributed by atoms with van der Waals surface area (Å²) in [6.45, 7) is 0.417. The molecule has 17 heavy (non-hydrogen) atoms. The fourth-order valence-corrected chi connectivity index (χ4v) is 1.39. The molecule has 2 rings (SSSR count). The molecule has 0 saturated heterocycles. The van der Waals surface area contributed by atoms with Crippen LogP contribution in [-0.4, -0.2) is 16.4 Å². The summed E-state index contributed by atoms with van der Waals surface area (Å²) in [6.07, 6.45) is 3.08. The zero-order chi connectivity index (χ0) is 11.9. The molecule has 0 amide bonds. The third kappa shape index (κ3) is 3.31. The topological polar surface area (TPSA) is 54.7 Å². The number of rotatable bonds is 4. The van der Waals surface area contributed by atoms with E-state index >= 15 is 0 Å². The smallest absolute Gasteiger partial charge is 0.130 e. The van der Waals surface area contributed by atoms with Crippen LogP contribution in [0.5, 0.6) is 5.75 Å². The van der Waals surface area contributed by atoms with Crippen molar-refractivity contribution in [3.8, 4) is 5.75 Å². The highest BCUT2D eigenvalue weighted by Crippen LogP contribution is 2.13. The maximum atomic E-state index is 8.44. The number of aromatic nitrogens is 1. The van der Waals surface area contributed by atoms with Gasteiger partial charge in [-0.2, -0.15) is 0 Å². The van der Waals surface area contributed by atoms with E-state index in [2.05, 4.69) is 10.1 Å². The van der Waals surface area contributed by atoms with Crippen LogP contribution >= 0.6 is 0 Å². The molecule has 4 heteroatoms. The van der Waals surface area contributed by atoms with Crippen LogP contribution in [0.2, 0.25) is 0 Å². The standard InChI is InChI=1S/C13H12N2O2/c16-15-9-11-4-3-6-13(8-11)17-10-12-5-1-2-7-14-12/h1-9,16H,10H2/b15-9+. The Bertz CT molecular complexity index is 498. The molecule has 0 aliphatic carbocycles. The van der Waals surface area contributed by atoms with Gasteiger partial charge in [-0.15, -0.1) is 0 Å². The van der Waals surface area contributed by atoms with E-state index in [9.17, 15) is 0 Å². The van der Waals surface area contributed by atoms with Crippen LogP contribution in [-0.2, 0) is 6.61 Å². The van der Waals surface area contributed by atoms with Crippen molar-refractivity contribution in [2.24, 2.45) is 5.16 Å². The minimum absolute atomic E-state index is 0.417. The summed E-state index contributed by atoms with van der Waals surface area (Å²) < 4.78 is 5.57. The summed E-state index contributed by atoms with van der Waals surface area (Å²) in [5.74, 6) is 0.716. The Balaban J connectivity index is 2.02. The molecule has 0 fully saturated rings. The van der Waals surface area contributed by atoms with E-state index in [4.69, 9.17) is 9.94 Å². The highest BCUT2D eigenvalue weighted by Gasteiger charge is 1.97. The van der Waals surface area contributed by atoms with Crippen molar-refractivity contribution in [1.29, 1.82) is 0 Å². The molecule has 0 spiro atoms. The Labute approximate surface area is 99.2 Å². The number of oxime groups is 1. The Kier molecular flexibility index (Phi) is 3.70. The van der Waals surface area contributed by atoms with E-state index in [1.54, 1.807) is 12.3 Å². The maximum Gasteiger partial charge on any atom is 0.130 e. The van der Waals surface area contributed by atoms with Gasteiger partial charge in [0.15, 0.2) is 0 Å². The average Bonchev–Trinajstić information content (AvgIpc) is 2.39. The first-order valence-corrected chi connectivity index (χ1v) is 5.19. The van der Waals surface area contributed by atoms with Crippen molar-refractivity contribution >= 4 is 6.21 Å². The van der Waals surface area contributed by atoms with E-state index in [1.807, 2.05) is 36.4 Å². The molecule has 0 aliphatic heterocycles. The van der Waals surface area contributed by atoms with Crippen LogP contribution in [0.4, 0.5) is 0 Å². The third-order valence-corrected chi connectivity index (χ3v) is 2.18. The molecule has 1 N–H and O–H groups in total. The van der Waals surface area contributed by atoms with E-state index in [0.29, 0.717) is 12.4 Å². The van der Waals surface area contributed by atoms with E-state index < -0.39 is 0 Å². The number of pyridine rings is 1. The average molecular weight is 228 g/mol. The molecule has 0 saturated carbocycles. The number of hydrogen-bond donors (Lipinski definition) is 1. The van der Waals surface area contributed by atoms with Crippen LogP contribution in [0.25, 0.3) is 0 Å². The molecule has 1 aromatic carbocycles. The van der Waals surface area contributed by atoms with Gasteiger partial charge in [-0.05, 0) is 29.8 Å². The largest absolute Gasteiger partial charge is 0.487 e. The molecule has 1 heterocycles. The second-order valence-corrected chi connectivity index (χ2v) is 3.43. The second kappa shape index (κ2) is 5.65. The SMILES string of the molecule is O/N=C/c1cccc(OCc2ccccn2)c1. The minimum Gasteiger partial charge on any atom is -0.487 e. The number of ether oxygens (including phenoxy) is 1. The molecule has 0 radical (unpaired) electrons. The molecule has 2 aromatic rings. The highest BCUT2D eigenvalue weighted by molar-refractivity contribution is 5.79. The normalized spacial score (nSPS) is 10.6. The van der Waals surface area contributed by atoms with E-state index in [1.165, 1.54) is 6.21 Å². The lowest BCUT2D eigenvalue weighted by Crippen LogP contribution is -1.97. The van der Waals surface area contributed by atoms with E-state index in [-0.39, 0.29) is 0 Å². The lowest BCUT2D eigenvalue weighted by Gasteiger charge is -2.05. The molecule has 0 unspecified atom stereocenters. The van der Waals surface area contributed by atoms with Gasteiger partial charge in [0.1, 0.15) is 12.4 Å². The molecule has 86 valence electrons. The first-order chi connectivity index (χ1) is 8.38. The summed E-state index contributed by atoms with van der Waals surface area (Å²) in [5, 5.41) is 11.4. The summed E-state index contributed by atoms with van der Waals surface area (Å²) in [6, 6.07) is 13.0. The Morgan fingerprint density at radius 1 is 1.24 bits per heavy atom. The lowest BCUT2D eigenvalue weighted by atomic mass is 10.2. The van der Waals surface area contributed by atoms with Crippen molar-refractivity contribution in [1.82, 2.24) is 4.98 Å². The fraction of sp³-hybridized carbons (Fsp3) is 0.0769. The van der Waals surface area contributed by atoms with Crippen LogP contribution in [0, 0.1) is 0 Å². The van der Waals surface area contributed by atoms with E-state index in [0.717, 1.165) is 11.3 Å². The van der Waals surface area contributed by atoms with Gasteiger partial charge >= 0.3 is 0 Å². The number of benzene rings is 1. The predicted octanol–water partition coefficient (Wildman–Crippen LogP) is 2.47. The molecular formula is C13H12N2O2. The van der Waals surface area contributed by atoms with Gasteiger partial charge in [-0.3, -0.25) is 4.98 Å². The van der Waals surface area contributed by atoms with Gasteiger partial charge in [0.2, 0.25) is 0 Å². The summed E-state index contributed by atoms with van der Waals surface area (Å²) >= 11 is 0. The van der Waals surface area contributed by atoms with Crippen molar-refractivity contribution in [3.05, 3.63) is 59.9 Å². The van der Waals surface area contributed by atoms with Crippen molar-refractivity contribution in [2.45, 2.75) is 6.61 Å².